The van der Waals surface area contributed by atoms with Gasteiger partial charge in [-0.1, -0.05) is 54.1 Å². The van der Waals surface area contributed by atoms with Crippen LogP contribution in [0.5, 0.6) is 0 Å². The Morgan fingerprint density at radius 1 is 1.15 bits per heavy atom. The highest BCUT2D eigenvalue weighted by Gasteiger charge is 2.06. The first kappa shape index (κ1) is 14.4. The van der Waals surface area contributed by atoms with Gasteiger partial charge in [0, 0.05) is 11.1 Å². The molecule has 3 heteroatoms. The SMILES string of the molecule is CC(NC(=O)C=Cc1cccc(Cl)c1)c1ccccc1. The van der Waals surface area contributed by atoms with Crippen molar-refractivity contribution >= 4 is 23.6 Å². The molecule has 0 saturated carbocycles. The van der Waals surface area contributed by atoms with E-state index < -0.39 is 0 Å². The van der Waals surface area contributed by atoms with Crippen LogP contribution in [-0.2, 0) is 4.79 Å². The number of halogens is 1. The summed E-state index contributed by atoms with van der Waals surface area (Å²) in [6.07, 6.45) is 3.27. The highest BCUT2D eigenvalue weighted by molar-refractivity contribution is 6.30. The molecule has 1 atom stereocenters. The number of nitrogens with one attached hydrogen (secondary N) is 1. The minimum absolute atomic E-state index is 0.0206. The molecule has 0 bridgehead atoms. The molecule has 0 aliphatic rings. The lowest BCUT2D eigenvalue weighted by Gasteiger charge is -2.12. The molecule has 0 aromatic heterocycles. The Hall–Kier alpha value is -2.06. The Morgan fingerprint density at radius 3 is 2.60 bits per heavy atom. The van der Waals surface area contributed by atoms with E-state index in [1.807, 2.05) is 55.5 Å². The van der Waals surface area contributed by atoms with Gasteiger partial charge in [-0.2, -0.15) is 0 Å². The quantitative estimate of drug-likeness (QED) is 0.837. The molecule has 20 heavy (non-hydrogen) atoms. The Bertz CT molecular complexity index is 607. The van der Waals surface area contributed by atoms with E-state index in [9.17, 15) is 4.79 Å². The second-order valence-corrected chi connectivity index (χ2v) is 4.97. The molecule has 2 aromatic carbocycles. The number of carbonyl (C=O) groups is 1. The molecular formula is C17H16ClNO. The molecule has 0 spiro atoms. The molecule has 0 aliphatic heterocycles. The fourth-order valence-electron chi connectivity index (χ4n) is 1.87. The van der Waals surface area contributed by atoms with Crippen molar-refractivity contribution in [3.63, 3.8) is 0 Å². The van der Waals surface area contributed by atoms with Crippen molar-refractivity contribution in [2.45, 2.75) is 13.0 Å². The van der Waals surface area contributed by atoms with Crippen LogP contribution in [0.1, 0.15) is 24.1 Å². The molecule has 0 saturated heterocycles. The summed E-state index contributed by atoms with van der Waals surface area (Å²) in [6.45, 7) is 1.96. The first-order chi connectivity index (χ1) is 9.65. The van der Waals surface area contributed by atoms with Gasteiger partial charge in [0.05, 0.1) is 6.04 Å². The number of amides is 1. The maximum Gasteiger partial charge on any atom is 0.244 e. The van der Waals surface area contributed by atoms with Crippen molar-refractivity contribution in [2.75, 3.05) is 0 Å². The smallest absolute Gasteiger partial charge is 0.244 e. The molecule has 2 aromatic rings. The van der Waals surface area contributed by atoms with Gasteiger partial charge in [-0.15, -0.1) is 0 Å². The van der Waals surface area contributed by atoms with Crippen LogP contribution in [-0.4, -0.2) is 5.91 Å². The average Bonchev–Trinajstić information content (AvgIpc) is 2.46. The number of rotatable bonds is 4. The largest absolute Gasteiger partial charge is 0.346 e. The Labute approximate surface area is 124 Å². The normalized spacial score (nSPS) is 12.3. The van der Waals surface area contributed by atoms with Crippen molar-refractivity contribution < 1.29 is 4.79 Å². The van der Waals surface area contributed by atoms with E-state index in [1.54, 1.807) is 12.1 Å². The Morgan fingerprint density at radius 2 is 1.90 bits per heavy atom. The zero-order valence-electron chi connectivity index (χ0n) is 11.2. The topological polar surface area (TPSA) is 29.1 Å². The fourth-order valence-corrected chi connectivity index (χ4v) is 2.07. The molecule has 102 valence electrons. The third-order valence-corrected chi connectivity index (χ3v) is 3.17. The Kier molecular flexibility index (Phi) is 4.97. The monoisotopic (exact) mass is 285 g/mol. The van der Waals surface area contributed by atoms with Crippen LogP contribution >= 0.6 is 11.6 Å². The van der Waals surface area contributed by atoms with Crippen molar-refractivity contribution in [3.8, 4) is 0 Å². The number of benzene rings is 2. The van der Waals surface area contributed by atoms with Crippen LogP contribution in [0.15, 0.2) is 60.7 Å². The minimum Gasteiger partial charge on any atom is -0.346 e. The highest BCUT2D eigenvalue weighted by atomic mass is 35.5. The number of carbonyl (C=O) groups excluding carboxylic acids is 1. The summed E-state index contributed by atoms with van der Waals surface area (Å²) < 4.78 is 0. The molecule has 1 amide bonds. The summed E-state index contributed by atoms with van der Waals surface area (Å²) >= 11 is 5.89. The van der Waals surface area contributed by atoms with Crippen LogP contribution in [0.3, 0.4) is 0 Å². The predicted molar refractivity (Wildman–Crippen MR) is 83.5 cm³/mol. The van der Waals surface area contributed by atoms with Gasteiger partial charge >= 0.3 is 0 Å². The number of hydrogen-bond acceptors (Lipinski definition) is 1. The van der Waals surface area contributed by atoms with Crippen LogP contribution in [0.2, 0.25) is 5.02 Å². The molecule has 0 fully saturated rings. The van der Waals surface area contributed by atoms with Crippen LogP contribution in [0.25, 0.3) is 6.08 Å². The third kappa shape index (κ3) is 4.25. The van der Waals surface area contributed by atoms with Gasteiger partial charge in [0.1, 0.15) is 0 Å². The van der Waals surface area contributed by atoms with E-state index in [4.69, 9.17) is 11.6 Å². The molecule has 0 radical (unpaired) electrons. The molecular weight excluding hydrogens is 270 g/mol. The maximum atomic E-state index is 11.9. The first-order valence-electron chi connectivity index (χ1n) is 6.44. The van der Waals surface area contributed by atoms with Crippen LogP contribution < -0.4 is 5.32 Å². The summed E-state index contributed by atoms with van der Waals surface area (Å²) in [5, 5.41) is 3.58. The fraction of sp³-hybridized carbons (Fsp3) is 0.118. The van der Waals surface area contributed by atoms with Gasteiger partial charge in [0.15, 0.2) is 0 Å². The lowest BCUT2D eigenvalue weighted by molar-refractivity contribution is -0.117. The molecule has 0 heterocycles. The van der Waals surface area contributed by atoms with E-state index >= 15 is 0 Å². The molecule has 2 rings (SSSR count). The second-order valence-electron chi connectivity index (χ2n) is 4.53. The summed E-state index contributed by atoms with van der Waals surface area (Å²) in [4.78, 5) is 11.9. The standard InChI is InChI=1S/C17H16ClNO/c1-13(15-7-3-2-4-8-15)19-17(20)11-10-14-6-5-9-16(18)12-14/h2-13H,1H3,(H,19,20). The number of hydrogen-bond donors (Lipinski definition) is 1. The van der Waals surface area contributed by atoms with E-state index in [0.29, 0.717) is 5.02 Å². The van der Waals surface area contributed by atoms with Crippen LogP contribution in [0.4, 0.5) is 0 Å². The summed E-state index contributed by atoms with van der Waals surface area (Å²) in [7, 11) is 0. The highest BCUT2D eigenvalue weighted by Crippen LogP contribution is 2.13. The zero-order valence-corrected chi connectivity index (χ0v) is 12.0. The van der Waals surface area contributed by atoms with Gasteiger partial charge in [-0.05, 0) is 36.3 Å². The lowest BCUT2D eigenvalue weighted by Crippen LogP contribution is -2.24. The van der Waals surface area contributed by atoms with Gasteiger partial charge in [-0.3, -0.25) is 4.79 Å². The van der Waals surface area contributed by atoms with Crippen LogP contribution in [0, 0.1) is 0 Å². The molecule has 1 unspecified atom stereocenters. The predicted octanol–water partition coefficient (Wildman–Crippen LogP) is 4.23. The molecule has 0 aliphatic carbocycles. The van der Waals surface area contributed by atoms with E-state index in [2.05, 4.69) is 5.32 Å². The van der Waals surface area contributed by atoms with E-state index in [-0.39, 0.29) is 11.9 Å². The van der Waals surface area contributed by atoms with Crippen molar-refractivity contribution in [2.24, 2.45) is 0 Å². The zero-order chi connectivity index (χ0) is 14.4. The molecule has 2 nitrogen and oxygen atoms in total. The summed E-state index contributed by atoms with van der Waals surface area (Å²) in [6, 6.07) is 17.2. The third-order valence-electron chi connectivity index (χ3n) is 2.93. The maximum absolute atomic E-state index is 11.9. The van der Waals surface area contributed by atoms with E-state index in [1.165, 1.54) is 6.08 Å². The van der Waals surface area contributed by atoms with Gasteiger partial charge in [0.2, 0.25) is 5.91 Å². The van der Waals surface area contributed by atoms with Gasteiger partial charge in [0.25, 0.3) is 0 Å². The van der Waals surface area contributed by atoms with Gasteiger partial charge < -0.3 is 5.32 Å². The Balaban J connectivity index is 1.96. The van der Waals surface area contributed by atoms with Gasteiger partial charge in [-0.25, -0.2) is 0 Å². The van der Waals surface area contributed by atoms with Crippen molar-refractivity contribution in [1.29, 1.82) is 0 Å². The van der Waals surface area contributed by atoms with Crippen molar-refractivity contribution in [1.82, 2.24) is 5.32 Å². The average molecular weight is 286 g/mol. The summed E-state index contributed by atoms with van der Waals surface area (Å²) in [5.41, 5.74) is 1.98. The van der Waals surface area contributed by atoms with E-state index in [0.717, 1.165) is 11.1 Å². The lowest BCUT2D eigenvalue weighted by atomic mass is 10.1. The second kappa shape index (κ2) is 6.92. The minimum atomic E-state index is -0.124. The summed E-state index contributed by atoms with van der Waals surface area (Å²) in [5.74, 6) is -0.124. The first-order valence-corrected chi connectivity index (χ1v) is 6.82. The van der Waals surface area contributed by atoms with Crippen molar-refractivity contribution in [3.05, 3.63) is 76.8 Å². The molecule has 1 N–H and O–H groups in total.